The molecule has 0 N–H and O–H groups in total. The van der Waals surface area contributed by atoms with E-state index in [4.69, 9.17) is 24.4 Å². The molecule has 1 rings (SSSR count). The molecule has 0 aromatic heterocycles. The molecule has 0 aliphatic rings. The van der Waals surface area contributed by atoms with E-state index in [1.165, 1.54) is 23.5 Å². The van der Waals surface area contributed by atoms with E-state index in [0.717, 1.165) is 0 Å². The van der Waals surface area contributed by atoms with Crippen molar-refractivity contribution in [1.29, 1.82) is 0 Å². The average molecular weight is 359 g/mol. The Morgan fingerprint density at radius 1 is 0.952 bits per heavy atom. The van der Waals surface area contributed by atoms with Gasteiger partial charge in [0.15, 0.2) is 5.78 Å². The lowest BCUT2D eigenvalue weighted by atomic mass is 10.1. The summed E-state index contributed by atoms with van der Waals surface area (Å²) in [5.74, 6) is 0.0269. The van der Waals surface area contributed by atoms with Gasteiger partial charge in [0.25, 0.3) is 0 Å². The Balaban J connectivity index is 2.93. The predicted molar refractivity (Wildman–Crippen MR) is 102 cm³/mol. The summed E-state index contributed by atoms with van der Waals surface area (Å²) < 4.78 is 0.953. The number of rotatable bonds is 4. The molecule has 1 aromatic rings. The minimum absolute atomic E-state index is 0.0269. The van der Waals surface area contributed by atoms with E-state index in [1.54, 1.807) is 0 Å². The Morgan fingerprint density at radius 3 is 1.76 bits per heavy atom. The van der Waals surface area contributed by atoms with Crippen LogP contribution in [0.25, 0.3) is 0 Å². The van der Waals surface area contributed by atoms with Crippen LogP contribution < -0.4 is 0 Å². The molecule has 0 bridgehead atoms. The van der Waals surface area contributed by atoms with Gasteiger partial charge in [-0.3, -0.25) is 4.79 Å². The molecule has 1 aromatic carbocycles. The molecule has 0 spiro atoms. The summed E-state index contributed by atoms with van der Waals surface area (Å²) in [6.07, 6.45) is 0. The van der Waals surface area contributed by atoms with Gasteiger partial charge < -0.3 is 9.80 Å². The van der Waals surface area contributed by atoms with Crippen LogP contribution in [0, 0.1) is 0 Å². The lowest BCUT2D eigenvalue weighted by molar-refractivity contribution is 0.101. The zero-order valence-corrected chi connectivity index (χ0v) is 15.7. The normalized spacial score (nSPS) is 10.3. The molecule has 114 valence electrons. The van der Waals surface area contributed by atoms with Crippen LogP contribution >= 0.6 is 48.0 Å². The Hall–Kier alpha value is -0.630. The topological polar surface area (TPSA) is 23.6 Å². The Bertz CT molecular complexity index is 495. The molecule has 0 heterocycles. The fourth-order valence-electron chi connectivity index (χ4n) is 1.26. The maximum atomic E-state index is 12.7. The highest BCUT2D eigenvalue weighted by Gasteiger charge is 2.25. The van der Waals surface area contributed by atoms with Gasteiger partial charge in [-0.2, -0.15) is 0 Å². The van der Waals surface area contributed by atoms with Gasteiger partial charge in [0.05, 0.1) is 0 Å². The minimum Gasteiger partial charge on any atom is -0.364 e. The van der Waals surface area contributed by atoms with Crippen molar-refractivity contribution in [2.24, 2.45) is 0 Å². The van der Waals surface area contributed by atoms with Crippen LogP contribution in [0.1, 0.15) is 10.4 Å². The van der Waals surface area contributed by atoms with E-state index in [-0.39, 0.29) is 10.4 Å². The van der Waals surface area contributed by atoms with Crippen molar-refractivity contribution in [1.82, 2.24) is 9.80 Å². The van der Waals surface area contributed by atoms with Crippen LogP contribution in [-0.2, 0) is 0 Å². The van der Waals surface area contributed by atoms with E-state index in [9.17, 15) is 4.79 Å². The van der Waals surface area contributed by atoms with Gasteiger partial charge in [0.2, 0.25) is 0 Å². The first-order valence-electron chi connectivity index (χ1n) is 6.18. The Morgan fingerprint density at radius 2 is 1.38 bits per heavy atom. The first-order valence-corrected chi connectivity index (χ1v) is 8.75. The molecule has 0 fully saturated rings. The van der Waals surface area contributed by atoms with Crippen molar-refractivity contribution < 1.29 is 4.79 Å². The maximum Gasteiger partial charge on any atom is 0.186 e. The molecule has 0 saturated heterocycles. The van der Waals surface area contributed by atoms with Crippen LogP contribution in [0.4, 0.5) is 0 Å². The summed E-state index contributed by atoms with van der Waals surface area (Å²) >= 11 is 13.3. The molecule has 0 aliphatic carbocycles. The molecule has 0 amide bonds. The van der Waals surface area contributed by atoms with Gasteiger partial charge in [-0.25, -0.2) is 0 Å². The predicted octanol–water partition coefficient (Wildman–Crippen LogP) is 3.35. The molecule has 0 radical (unpaired) electrons. The monoisotopic (exact) mass is 358 g/mol. The fourth-order valence-corrected chi connectivity index (χ4v) is 4.22. The van der Waals surface area contributed by atoms with Crippen LogP contribution in [0.3, 0.4) is 0 Å². The number of hydrogen-bond acceptors (Lipinski definition) is 5. The van der Waals surface area contributed by atoms with E-state index < -0.39 is 0 Å². The highest BCUT2D eigenvalue weighted by Crippen LogP contribution is 2.30. The third kappa shape index (κ3) is 5.94. The molecule has 7 heteroatoms. The van der Waals surface area contributed by atoms with Gasteiger partial charge in [-0.05, 0) is 0 Å². The summed E-state index contributed by atoms with van der Waals surface area (Å²) in [6, 6.07) is 9.23. The molecular formula is C14H18N2OS4. The van der Waals surface area contributed by atoms with E-state index in [0.29, 0.717) is 14.2 Å². The zero-order valence-electron chi connectivity index (χ0n) is 12.4. The molecule has 21 heavy (non-hydrogen) atoms. The van der Waals surface area contributed by atoms with E-state index >= 15 is 0 Å². The first kappa shape index (κ1) is 18.4. The standard InChI is InChI=1S/C14H18N2OS4/c1-15(2)13(18)20-12(21-14(19)16(3)4)11(17)10-8-6-5-7-9-10/h5-9,12H,1-4H3. The molecule has 0 unspecified atom stereocenters. The summed E-state index contributed by atoms with van der Waals surface area (Å²) in [6.45, 7) is 0. The first-order chi connectivity index (χ1) is 9.82. The van der Waals surface area contributed by atoms with Gasteiger partial charge in [-0.1, -0.05) is 78.3 Å². The lowest BCUT2D eigenvalue weighted by Gasteiger charge is -2.21. The molecule has 3 nitrogen and oxygen atoms in total. The van der Waals surface area contributed by atoms with E-state index in [2.05, 4.69) is 0 Å². The highest BCUT2D eigenvalue weighted by molar-refractivity contribution is 8.37. The van der Waals surface area contributed by atoms with E-state index in [1.807, 2.05) is 68.3 Å². The number of benzene rings is 1. The van der Waals surface area contributed by atoms with Gasteiger partial charge in [-0.15, -0.1) is 0 Å². The van der Waals surface area contributed by atoms with Crippen molar-refractivity contribution in [3.8, 4) is 0 Å². The zero-order chi connectivity index (χ0) is 16.0. The van der Waals surface area contributed by atoms with Crippen molar-refractivity contribution >= 4 is 62.4 Å². The third-order valence-electron chi connectivity index (χ3n) is 2.42. The lowest BCUT2D eigenvalue weighted by Crippen LogP contribution is -2.26. The molecular weight excluding hydrogens is 340 g/mol. The SMILES string of the molecule is CN(C)C(=S)SC(SC(=S)N(C)C)C(=O)c1ccccc1. The van der Waals surface area contributed by atoms with Gasteiger partial charge >= 0.3 is 0 Å². The number of thioether (sulfide) groups is 2. The Labute approximate surface area is 145 Å². The number of thiocarbonyl (C=S) groups is 2. The number of carbonyl (C=O) groups excluding carboxylic acids is 1. The number of Topliss-reactive ketones (excluding diaryl/α,β-unsaturated/α-hetero) is 1. The van der Waals surface area contributed by atoms with Crippen LogP contribution in [0.2, 0.25) is 0 Å². The van der Waals surface area contributed by atoms with Crippen molar-refractivity contribution in [2.75, 3.05) is 28.2 Å². The second kappa shape index (κ2) is 8.73. The quantitative estimate of drug-likeness (QED) is 0.462. The number of nitrogens with zero attached hydrogens (tertiary/aromatic N) is 2. The van der Waals surface area contributed by atoms with Crippen molar-refractivity contribution in [3.05, 3.63) is 35.9 Å². The summed E-state index contributed by atoms with van der Waals surface area (Å²) in [4.78, 5) is 16.3. The fraction of sp³-hybridized carbons (Fsp3) is 0.357. The molecule has 0 atom stereocenters. The largest absolute Gasteiger partial charge is 0.364 e. The minimum atomic E-state index is -0.378. The molecule has 0 aliphatic heterocycles. The van der Waals surface area contributed by atoms with Gasteiger partial charge in [0, 0.05) is 33.8 Å². The van der Waals surface area contributed by atoms with Crippen molar-refractivity contribution in [3.63, 3.8) is 0 Å². The third-order valence-corrected chi connectivity index (χ3v) is 6.29. The average Bonchev–Trinajstić information content (AvgIpc) is 2.46. The number of ketones is 1. The maximum absolute atomic E-state index is 12.7. The van der Waals surface area contributed by atoms with Crippen LogP contribution in [0.15, 0.2) is 30.3 Å². The van der Waals surface area contributed by atoms with Gasteiger partial charge in [0.1, 0.15) is 13.2 Å². The number of carbonyl (C=O) groups is 1. The second-order valence-corrected chi connectivity index (χ2v) is 8.39. The van der Waals surface area contributed by atoms with Crippen molar-refractivity contribution in [2.45, 2.75) is 4.58 Å². The summed E-state index contributed by atoms with van der Waals surface area (Å²) in [5, 5.41) is 0. The second-order valence-electron chi connectivity index (χ2n) is 4.62. The van der Waals surface area contributed by atoms with Crippen LogP contribution in [-0.4, -0.2) is 57.0 Å². The number of hydrogen-bond donors (Lipinski definition) is 0. The molecule has 0 saturated carbocycles. The summed E-state index contributed by atoms with van der Waals surface area (Å²) in [5.41, 5.74) is 0.672. The smallest absolute Gasteiger partial charge is 0.186 e. The van der Waals surface area contributed by atoms with Crippen LogP contribution in [0.5, 0.6) is 0 Å². The highest BCUT2D eigenvalue weighted by atomic mass is 32.2. The Kier molecular flexibility index (Phi) is 7.65. The summed E-state index contributed by atoms with van der Waals surface area (Å²) in [7, 11) is 7.48.